The molecule has 1 amide bonds. The van der Waals surface area contributed by atoms with Crippen LogP contribution in [0.1, 0.15) is 10.4 Å². The van der Waals surface area contributed by atoms with Gasteiger partial charge in [-0.25, -0.2) is 9.59 Å². The van der Waals surface area contributed by atoms with E-state index in [1.807, 2.05) is 0 Å². The Morgan fingerprint density at radius 1 is 1.00 bits per heavy atom. The quantitative estimate of drug-likeness (QED) is 0.648. The standard InChI is InChI=1S/C14H10NO3/c16-13(11-7-3-1-4-8-11)18-14(17)15-12-9-5-2-6-10-12/h1-9H,(H,15,17). The van der Waals surface area contributed by atoms with Crippen molar-refractivity contribution in [3.63, 3.8) is 0 Å². The lowest BCUT2D eigenvalue weighted by atomic mass is 10.2. The predicted octanol–water partition coefficient (Wildman–Crippen LogP) is 2.88. The molecular formula is C14H10NO3. The van der Waals surface area contributed by atoms with Crippen LogP contribution in [-0.4, -0.2) is 12.1 Å². The van der Waals surface area contributed by atoms with E-state index in [1.54, 1.807) is 54.6 Å². The maximum atomic E-state index is 11.6. The molecule has 0 aliphatic carbocycles. The normalized spacial score (nSPS) is 9.56. The summed E-state index contributed by atoms with van der Waals surface area (Å²) in [7, 11) is 0. The van der Waals surface area contributed by atoms with Gasteiger partial charge < -0.3 is 4.74 Å². The summed E-state index contributed by atoms with van der Waals surface area (Å²) in [4.78, 5) is 23.0. The van der Waals surface area contributed by atoms with Gasteiger partial charge in [0.2, 0.25) is 0 Å². The van der Waals surface area contributed by atoms with Gasteiger partial charge in [-0.1, -0.05) is 36.4 Å². The SMILES string of the molecule is O=C(Nc1[c]cccc1)OC(=O)c1ccccc1. The molecule has 0 fully saturated rings. The van der Waals surface area contributed by atoms with Gasteiger partial charge in [-0.2, -0.15) is 0 Å². The molecule has 0 saturated heterocycles. The molecule has 0 bridgehead atoms. The van der Waals surface area contributed by atoms with Crippen molar-refractivity contribution < 1.29 is 14.3 Å². The van der Waals surface area contributed by atoms with E-state index in [9.17, 15) is 9.59 Å². The molecule has 0 spiro atoms. The van der Waals surface area contributed by atoms with Crippen LogP contribution < -0.4 is 5.32 Å². The molecule has 2 rings (SSSR count). The van der Waals surface area contributed by atoms with Crippen LogP contribution in [0, 0.1) is 6.07 Å². The van der Waals surface area contributed by atoms with E-state index in [0.29, 0.717) is 11.3 Å². The zero-order chi connectivity index (χ0) is 12.8. The average molecular weight is 240 g/mol. The summed E-state index contributed by atoms with van der Waals surface area (Å²) in [5.41, 5.74) is 0.771. The van der Waals surface area contributed by atoms with Crippen LogP contribution in [0.15, 0.2) is 54.6 Å². The maximum Gasteiger partial charge on any atom is 0.419 e. The van der Waals surface area contributed by atoms with Gasteiger partial charge in [0, 0.05) is 6.07 Å². The summed E-state index contributed by atoms with van der Waals surface area (Å²) >= 11 is 0. The Hall–Kier alpha value is -2.62. The Morgan fingerprint density at radius 2 is 1.72 bits per heavy atom. The highest BCUT2D eigenvalue weighted by Crippen LogP contribution is 2.06. The van der Waals surface area contributed by atoms with Gasteiger partial charge >= 0.3 is 12.1 Å². The molecule has 4 nitrogen and oxygen atoms in total. The second-order valence-corrected chi connectivity index (χ2v) is 3.44. The Labute approximate surface area is 104 Å². The zero-order valence-corrected chi connectivity index (χ0v) is 9.42. The first kappa shape index (κ1) is 11.9. The summed E-state index contributed by atoms with van der Waals surface area (Å²) in [5.74, 6) is -0.691. The minimum atomic E-state index is -0.827. The highest BCUT2D eigenvalue weighted by molar-refractivity contribution is 6.00. The maximum absolute atomic E-state index is 11.6. The summed E-state index contributed by atoms with van der Waals surface area (Å²) in [6.07, 6.45) is -0.827. The topological polar surface area (TPSA) is 55.4 Å². The minimum Gasteiger partial charge on any atom is -0.372 e. The van der Waals surface area contributed by atoms with Crippen LogP contribution in [0.3, 0.4) is 0 Å². The van der Waals surface area contributed by atoms with E-state index in [4.69, 9.17) is 0 Å². The van der Waals surface area contributed by atoms with Crippen molar-refractivity contribution in [2.24, 2.45) is 0 Å². The van der Waals surface area contributed by atoms with E-state index in [1.165, 1.54) is 0 Å². The van der Waals surface area contributed by atoms with Crippen molar-refractivity contribution in [1.82, 2.24) is 0 Å². The minimum absolute atomic E-state index is 0.324. The van der Waals surface area contributed by atoms with Crippen LogP contribution >= 0.6 is 0 Å². The van der Waals surface area contributed by atoms with Crippen molar-refractivity contribution >= 4 is 17.7 Å². The van der Waals surface area contributed by atoms with Gasteiger partial charge in [0.25, 0.3) is 0 Å². The Kier molecular flexibility index (Phi) is 3.71. The molecule has 0 aliphatic heterocycles. The Morgan fingerprint density at radius 3 is 2.39 bits per heavy atom. The van der Waals surface area contributed by atoms with E-state index >= 15 is 0 Å². The smallest absolute Gasteiger partial charge is 0.372 e. The molecule has 1 radical (unpaired) electrons. The van der Waals surface area contributed by atoms with Crippen LogP contribution in [0.4, 0.5) is 10.5 Å². The molecule has 1 N–H and O–H groups in total. The second kappa shape index (κ2) is 5.63. The largest absolute Gasteiger partial charge is 0.419 e. The van der Waals surface area contributed by atoms with Crippen molar-refractivity contribution in [3.8, 4) is 0 Å². The van der Waals surface area contributed by atoms with E-state index in [0.717, 1.165) is 0 Å². The number of hydrogen-bond donors (Lipinski definition) is 1. The lowest BCUT2D eigenvalue weighted by Crippen LogP contribution is -2.18. The lowest BCUT2D eigenvalue weighted by molar-refractivity contribution is 0.0645. The Balaban J connectivity index is 1.94. The first-order valence-electron chi connectivity index (χ1n) is 5.30. The van der Waals surface area contributed by atoms with E-state index in [2.05, 4.69) is 16.1 Å². The molecule has 0 heterocycles. The van der Waals surface area contributed by atoms with Crippen molar-refractivity contribution in [2.45, 2.75) is 0 Å². The lowest BCUT2D eigenvalue weighted by Gasteiger charge is -2.04. The third kappa shape index (κ3) is 3.18. The molecule has 2 aromatic carbocycles. The van der Waals surface area contributed by atoms with Crippen molar-refractivity contribution in [1.29, 1.82) is 0 Å². The molecule has 0 atom stereocenters. The second-order valence-electron chi connectivity index (χ2n) is 3.44. The van der Waals surface area contributed by atoms with Crippen molar-refractivity contribution in [2.75, 3.05) is 5.32 Å². The Bertz CT molecular complexity index is 537. The fraction of sp³-hybridized carbons (Fsp3) is 0. The average Bonchev–Trinajstić information content (AvgIpc) is 2.40. The summed E-state index contributed by atoms with van der Waals surface area (Å²) < 4.78 is 4.63. The molecule has 0 aliphatic rings. The van der Waals surface area contributed by atoms with Crippen molar-refractivity contribution in [3.05, 3.63) is 66.2 Å². The number of hydrogen-bond acceptors (Lipinski definition) is 3. The summed E-state index contributed by atoms with van der Waals surface area (Å²) in [6, 6.07) is 17.9. The van der Waals surface area contributed by atoms with Gasteiger partial charge in [-0.15, -0.1) is 0 Å². The number of esters is 1. The van der Waals surface area contributed by atoms with Gasteiger partial charge in [0.05, 0.1) is 11.3 Å². The molecule has 2 aromatic rings. The number of nitrogens with one attached hydrogen (secondary N) is 1. The number of benzene rings is 2. The van der Waals surface area contributed by atoms with Gasteiger partial charge in [0.1, 0.15) is 0 Å². The zero-order valence-electron chi connectivity index (χ0n) is 9.42. The predicted molar refractivity (Wildman–Crippen MR) is 66.2 cm³/mol. The number of para-hydroxylation sites is 1. The number of amides is 1. The molecule has 0 aromatic heterocycles. The molecular weight excluding hydrogens is 230 g/mol. The monoisotopic (exact) mass is 240 g/mol. The first-order chi connectivity index (χ1) is 8.75. The highest BCUT2D eigenvalue weighted by atomic mass is 16.6. The number of carbonyl (C=O) groups is 2. The fourth-order valence-electron chi connectivity index (χ4n) is 1.32. The number of carbonyl (C=O) groups excluding carboxylic acids is 2. The van der Waals surface area contributed by atoms with Crippen LogP contribution in [0.5, 0.6) is 0 Å². The third-order valence-corrected chi connectivity index (χ3v) is 2.14. The van der Waals surface area contributed by atoms with Crippen LogP contribution in [0.25, 0.3) is 0 Å². The number of anilines is 1. The van der Waals surface area contributed by atoms with Gasteiger partial charge in [-0.05, 0) is 18.2 Å². The highest BCUT2D eigenvalue weighted by Gasteiger charge is 2.12. The van der Waals surface area contributed by atoms with Gasteiger partial charge in [0.15, 0.2) is 0 Å². The van der Waals surface area contributed by atoms with Crippen LogP contribution in [0.2, 0.25) is 0 Å². The summed E-state index contributed by atoms with van der Waals surface area (Å²) in [5, 5.41) is 2.41. The molecule has 18 heavy (non-hydrogen) atoms. The van der Waals surface area contributed by atoms with Gasteiger partial charge in [-0.3, -0.25) is 5.32 Å². The van der Waals surface area contributed by atoms with Crippen LogP contribution in [-0.2, 0) is 4.74 Å². The first-order valence-corrected chi connectivity index (χ1v) is 5.30. The number of ether oxygens (including phenoxy) is 1. The molecule has 4 heteroatoms. The molecule has 0 unspecified atom stereocenters. The summed E-state index contributed by atoms with van der Waals surface area (Å²) in [6.45, 7) is 0. The van der Waals surface area contributed by atoms with E-state index < -0.39 is 12.1 Å². The number of rotatable bonds is 2. The molecule has 89 valence electrons. The molecule has 0 saturated carbocycles. The van der Waals surface area contributed by atoms with E-state index in [-0.39, 0.29) is 0 Å². The fourth-order valence-corrected chi connectivity index (χ4v) is 1.32. The third-order valence-electron chi connectivity index (χ3n) is 2.14.